The summed E-state index contributed by atoms with van der Waals surface area (Å²) in [5.41, 5.74) is -1.38. The summed E-state index contributed by atoms with van der Waals surface area (Å²) in [6, 6.07) is 6.20. The molecule has 0 fully saturated rings. The minimum Gasteiger partial charge on any atom is -0.477 e. The maximum Gasteiger partial charge on any atom is 0.410 e. The Morgan fingerprint density at radius 2 is 1.82 bits per heavy atom. The second-order valence-electron chi connectivity index (χ2n) is 7.11. The van der Waals surface area contributed by atoms with Crippen molar-refractivity contribution < 1.29 is 23.8 Å². The number of benzene rings is 1. The Kier molecular flexibility index (Phi) is 6.28. The van der Waals surface area contributed by atoms with Gasteiger partial charge in [0, 0.05) is 17.2 Å². The van der Waals surface area contributed by atoms with Crippen LogP contribution in [0.1, 0.15) is 36.8 Å². The second kappa shape index (κ2) is 8.14. The van der Waals surface area contributed by atoms with E-state index in [1.807, 2.05) is 0 Å². The summed E-state index contributed by atoms with van der Waals surface area (Å²) >= 11 is 3.28. The molecule has 9 heteroatoms. The van der Waals surface area contributed by atoms with Gasteiger partial charge in [-0.2, -0.15) is 0 Å². The zero-order chi connectivity index (χ0) is 21.2. The molecule has 2 aromatic rings. The highest BCUT2D eigenvalue weighted by molar-refractivity contribution is 9.10. The molecule has 1 aromatic carbocycles. The maximum absolute atomic E-state index is 13.3. The Morgan fingerprint density at radius 1 is 1.25 bits per heavy atom. The fraction of sp³-hybridized carbons (Fsp3) is 0.316. The van der Waals surface area contributed by atoms with E-state index in [-0.39, 0.29) is 12.2 Å². The monoisotopic (exact) mass is 454 g/mol. The van der Waals surface area contributed by atoms with Crippen LogP contribution in [0.25, 0.3) is 5.69 Å². The van der Waals surface area contributed by atoms with Crippen molar-refractivity contribution in [1.82, 2.24) is 9.47 Å². The molecular formula is C19H20BrFN2O5. The Bertz CT molecular complexity index is 964. The standard InChI is InChI=1S/C19H20BrFN2O5/c1-19(2,3)28-18(27)22(4)10-15-14(20)9-13(17(25)26)16(24)23(15)12-7-5-11(21)6-8-12/h5-9H,10H2,1-4H3,(H,25,26). The van der Waals surface area contributed by atoms with Gasteiger partial charge in [-0.1, -0.05) is 0 Å². The molecule has 0 aliphatic heterocycles. The molecule has 0 saturated heterocycles. The van der Waals surface area contributed by atoms with Gasteiger partial charge in [-0.15, -0.1) is 0 Å². The van der Waals surface area contributed by atoms with Crippen LogP contribution >= 0.6 is 15.9 Å². The topological polar surface area (TPSA) is 88.8 Å². The van der Waals surface area contributed by atoms with Crippen LogP contribution in [0, 0.1) is 5.82 Å². The predicted octanol–water partition coefficient (Wildman–Crippen LogP) is 3.80. The van der Waals surface area contributed by atoms with E-state index < -0.39 is 34.6 Å². The number of carboxylic acids is 1. The van der Waals surface area contributed by atoms with Crippen LogP contribution in [0.2, 0.25) is 0 Å². The molecule has 0 aliphatic carbocycles. The fourth-order valence-electron chi connectivity index (χ4n) is 2.41. The lowest BCUT2D eigenvalue weighted by Gasteiger charge is -2.26. The van der Waals surface area contributed by atoms with Crippen molar-refractivity contribution in [2.75, 3.05) is 7.05 Å². The smallest absolute Gasteiger partial charge is 0.410 e. The number of carboxylic acid groups (broad SMARTS) is 1. The van der Waals surface area contributed by atoms with Gasteiger partial charge in [0.1, 0.15) is 17.0 Å². The normalized spacial score (nSPS) is 11.2. The van der Waals surface area contributed by atoms with Gasteiger partial charge in [0.05, 0.1) is 12.2 Å². The van der Waals surface area contributed by atoms with Crippen LogP contribution in [-0.4, -0.2) is 39.3 Å². The predicted molar refractivity (Wildman–Crippen MR) is 104 cm³/mol. The molecule has 2 rings (SSSR count). The van der Waals surface area contributed by atoms with Crippen LogP contribution < -0.4 is 5.56 Å². The van der Waals surface area contributed by atoms with Crippen LogP contribution in [0.5, 0.6) is 0 Å². The first kappa shape index (κ1) is 21.6. The Labute approximate surface area is 169 Å². The molecule has 1 amide bonds. The first-order valence-electron chi connectivity index (χ1n) is 8.28. The molecule has 1 N–H and O–H groups in total. The molecule has 0 spiro atoms. The van der Waals surface area contributed by atoms with Gasteiger partial charge >= 0.3 is 12.1 Å². The Hall–Kier alpha value is -2.68. The van der Waals surface area contributed by atoms with Crippen LogP contribution in [-0.2, 0) is 11.3 Å². The minimum atomic E-state index is -1.39. The van der Waals surface area contributed by atoms with Crippen molar-refractivity contribution in [2.45, 2.75) is 32.9 Å². The summed E-state index contributed by atoms with van der Waals surface area (Å²) in [6.07, 6.45) is -0.611. The summed E-state index contributed by atoms with van der Waals surface area (Å²) in [5, 5.41) is 9.32. The number of amides is 1. The van der Waals surface area contributed by atoms with E-state index in [1.54, 1.807) is 20.8 Å². The number of hydrogen-bond acceptors (Lipinski definition) is 4. The number of halogens is 2. The molecule has 0 aliphatic rings. The van der Waals surface area contributed by atoms with Crippen LogP contribution in [0.4, 0.5) is 9.18 Å². The number of nitrogens with zero attached hydrogens (tertiary/aromatic N) is 2. The van der Waals surface area contributed by atoms with E-state index in [1.165, 1.54) is 30.1 Å². The number of ether oxygens (including phenoxy) is 1. The van der Waals surface area contributed by atoms with Crippen molar-refractivity contribution in [3.8, 4) is 5.69 Å². The number of pyridine rings is 1. The largest absolute Gasteiger partial charge is 0.477 e. The summed E-state index contributed by atoms with van der Waals surface area (Å²) in [6.45, 7) is 5.13. The number of carbonyl (C=O) groups excluding carboxylic acids is 1. The molecule has 1 heterocycles. The molecule has 0 radical (unpaired) electrons. The van der Waals surface area contributed by atoms with Crippen molar-refractivity contribution in [2.24, 2.45) is 0 Å². The highest BCUT2D eigenvalue weighted by Crippen LogP contribution is 2.22. The van der Waals surface area contributed by atoms with E-state index in [9.17, 15) is 23.9 Å². The number of aromatic carboxylic acids is 1. The third-order valence-electron chi connectivity index (χ3n) is 3.66. The third-order valence-corrected chi connectivity index (χ3v) is 4.34. The molecule has 150 valence electrons. The van der Waals surface area contributed by atoms with E-state index in [2.05, 4.69) is 15.9 Å². The maximum atomic E-state index is 13.3. The highest BCUT2D eigenvalue weighted by Gasteiger charge is 2.24. The van der Waals surface area contributed by atoms with Crippen molar-refractivity contribution in [3.63, 3.8) is 0 Å². The van der Waals surface area contributed by atoms with E-state index in [0.29, 0.717) is 10.2 Å². The second-order valence-corrected chi connectivity index (χ2v) is 7.97. The van der Waals surface area contributed by atoms with Crippen molar-refractivity contribution in [1.29, 1.82) is 0 Å². The Morgan fingerprint density at radius 3 is 2.32 bits per heavy atom. The van der Waals surface area contributed by atoms with Crippen LogP contribution in [0.3, 0.4) is 0 Å². The van der Waals surface area contributed by atoms with E-state index in [4.69, 9.17) is 4.74 Å². The molecular weight excluding hydrogens is 435 g/mol. The average molecular weight is 455 g/mol. The SMILES string of the molecule is CN(Cc1c(Br)cc(C(=O)O)c(=O)n1-c1ccc(F)cc1)C(=O)OC(C)(C)C. The number of hydrogen-bond donors (Lipinski definition) is 1. The van der Waals surface area contributed by atoms with Crippen molar-refractivity contribution >= 4 is 28.0 Å². The zero-order valence-electron chi connectivity index (χ0n) is 15.8. The lowest BCUT2D eigenvalue weighted by molar-refractivity contribution is 0.0281. The molecule has 0 saturated carbocycles. The van der Waals surface area contributed by atoms with Gasteiger partial charge in [-0.05, 0) is 67.0 Å². The van der Waals surface area contributed by atoms with Crippen LogP contribution in [0.15, 0.2) is 39.6 Å². The third kappa shape index (κ3) is 4.98. The van der Waals surface area contributed by atoms with Gasteiger partial charge in [-0.3, -0.25) is 9.36 Å². The summed E-state index contributed by atoms with van der Waals surface area (Å²) in [4.78, 5) is 37.8. The molecule has 0 atom stereocenters. The summed E-state index contributed by atoms with van der Waals surface area (Å²) in [5.74, 6) is -1.90. The molecule has 1 aromatic heterocycles. The lowest BCUT2D eigenvalue weighted by atomic mass is 10.2. The lowest BCUT2D eigenvalue weighted by Crippen LogP contribution is -2.36. The molecule has 0 unspecified atom stereocenters. The highest BCUT2D eigenvalue weighted by atomic mass is 79.9. The fourth-order valence-corrected chi connectivity index (χ4v) is 2.94. The quantitative estimate of drug-likeness (QED) is 0.758. The molecule has 7 nitrogen and oxygen atoms in total. The van der Waals surface area contributed by atoms with E-state index >= 15 is 0 Å². The zero-order valence-corrected chi connectivity index (χ0v) is 17.4. The first-order valence-corrected chi connectivity index (χ1v) is 9.08. The van der Waals surface area contributed by atoms with Gasteiger partial charge < -0.3 is 14.7 Å². The van der Waals surface area contributed by atoms with Gasteiger partial charge in [-0.25, -0.2) is 14.0 Å². The summed E-state index contributed by atoms with van der Waals surface area (Å²) in [7, 11) is 1.49. The van der Waals surface area contributed by atoms with Gasteiger partial charge in [0.2, 0.25) is 0 Å². The number of carbonyl (C=O) groups is 2. The first-order chi connectivity index (χ1) is 12.9. The minimum absolute atomic E-state index is 0.0536. The summed E-state index contributed by atoms with van der Waals surface area (Å²) < 4.78 is 20.1. The van der Waals surface area contributed by atoms with Crippen molar-refractivity contribution in [3.05, 3.63) is 62.2 Å². The van der Waals surface area contributed by atoms with E-state index in [0.717, 1.165) is 16.7 Å². The average Bonchev–Trinajstić information content (AvgIpc) is 2.57. The van der Waals surface area contributed by atoms with Gasteiger partial charge in [0.25, 0.3) is 5.56 Å². The van der Waals surface area contributed by atoms with Gasteiger partial charge in [0.15, 0.2) is 0 Å². The number of aromatic nitrogens is 1. The number of rotatable bonds is 4. The Balaban J connectivity index is 2.58. The molecule has 0 bridgehead atoms. The molecule has 28 heavy (non-hydrogen) atoms.